The first-order valence-electron chi connectivity index (χ1n) is 10.5. The quantitative estimate of drug-likeness (QED) is 0.659. The van der Waals surface area contributed by atoms with Crippen LogP contribution in [0.15, 0.2) is 24.3 Å². The number of carbonyl (C=O) groups excluding carboxylic acids is 2. The molecule has 2 amide bonds. The van der Waals surface area contributed by atoms with Crippen molar-refractivity contribution in [2.45, 2.75) is 64.3 Å². The smallest absolute Gasteiger partial charge is 0.225 e. The lowest BCUT2D eigenvalue weighted by atomic mass is 10.0. The van der Waals surface area contributed by atoms with Gasteiger partial charge in [0, 0.05) is 31.1 Å². The van der Waals surface area contributed by atoms with E-state index in [9.17, 15) is 9.59 Å². The number of amides is 2. The molecule has 2 fully saturated rings. The third-order valence-electron chi connectivity index (χ3n) is 5.71. The minimum absolute atomic E-state index is 0.0908. The summed E-state index contributed by atoms with van der Waals surface area (Å²) >= 11 is 0. The topological polar surface area (TPSA) is 75.4 Å². The van der Waals surface area contributed by atoms with E-state index in [4.69, 9.17) is 5.73 Å². The predicted molar refractivity (Wildman–Crippen MR) is 108 cm³/mol. The summed E-state index contributed by atoms with van der Waals surface area (Å²) in [6, 6.07) is 7.88. The van der Waals surface area contributed by atoms with Gasteiger partial charge in [-0.1, -0.05) is 37.8 Å². The molecule has 3 N–H and O–H groups in total. The Morgan fingerprint density at radius 1 is 1.15 bits per heavy atom. The summed E-state index contributed by atoms with van der Waals surface area (Å²) in [5, 5.41) is 3.02. The average Bonchev–Trinajstić information content (AvgIpc) is 3.39. The standard InChI is InChI=1S/C22H33N3O2/c23-13-4-14-25(22(27)19-10-11-19)16-18-7-3-8-20(15-18)24-21(26)12-9-17-5-1-2-6-17/h3,7-8,15,17,19H,1-2,4-6,9-14,16,23H2,(H,24,26). The molecule has 148 valence electrons. The predicted octanol–water partition coefficient (Wildman–Crippen LogP) is 3.68. The molecule has 0 heterocycles. The highest BCUT2D eigenvalue weighted by Gasteiger charge is 2.33. The Balaban J connectivity index is 1.53. The van der Waals surface area contributed by atoms with Crippen molar-refractivity contribution in [1.29, 1.82) is 0 Å². The number of nitrogens with two attached hydrogens (primary N) is 1. The van der Waals surface area contributed by atoms with E-state index in [1.807, 2.05) is 29.2 Å². The second-order valence-electron chi connectivity index (χ2n) is 8.11. The van der Waals surface area contributed by atoms with E-state index >= 15 is 0 Å². The van der Waals surface area contributed by atoms with Crippen molar-refractivity contribution < 1.29 is 9.59 Å². The Hall–Kier alpha value is -1.88. The molecule has 2 aliphatic carbocycles. The lowest BCUT2D eigenvalue weighted by Gasteiger charge is -2.23. The third kappa shape index (κ3) is 6.35. The number of anilines is 1. The molecule has 0 aliphatic heterocycles. The number of hydrogen-bond donors (Lipinski definition) is 2. The van der Waals surface area contributed by atoms with Gasteiger partial charge < -0.3 is 16.0 Å². The number of nitrogens with zero attached hydrogens (tertiary/aromatic N) is 1. The fourth-order valence-electron chi connectivity index (χ4n) is 3.96. The molecule has 0 unspecified atom stereocenters. The van der Waals surface area contributed by atoms with E-state index in [0.717, 1.165) is 42.9 Å². The lowest BCUT2D eigenvalue weighted by Crippen LogP contribution is -2.33. The summed E-state index contributed by atoms with van der Waals surface area (Å²) in [6.45, 7) is 1.87. The highest BCUT2D eigenvalue weighted by atomic mass is 16.2. The Morgan fingerprint density at radius 2 is 1.93 bits per heavy atom. The van der Waals surface area contributed by atoms with Gasteiger partial charge in [-0.3, -0.25) is 9.59 Å². The fourth-order valence-corrected chi connectivity index (χ4v) is 3.96. The first kappa shape index (κ1) is 19.9. The molecule has 3 rings (SSSR count). The molecule has 0 atom stereocenters. The van der Waals surface area contributed by atoms with Crippen molar-refractivity contribution in [3.8, 4) is 0 Å². The van der Waals surface area contributed by atoms with Crippen LogP contribution in [-0.4, -0.2) is 29.8 Å². The Morgan fingerprint density at radius 3 is 2.63 bits per heavy atom. The van der Waals surface area contributed by atoms with Gasteiger partial charge in [0.05, 0.1) is 0 Å². The van der Waals surface area contributed by atoms with Crippen molar-refractivity contribution in [2.24, 2.45) is 17.6 Å². The molecule has 0 radical (unpaired) electrons. The zero-order valence-electron chi connectivity index (χ0n) is 16.3. The van der Waals surface area contributed by atoms with Crippen molar-refractivity contribution in [2.75, 3.05) is 18.4 Å². The van der Waals surface area contributed by atoms with Crippen LogP contribution >= 0.6 is 0 Å². The van der Waals surface area contributed by atoms with Gasteiger partial charge in [0.2, 0.25) is 11.8 Å². The van der Waals surface area contributed by atoms with E-state index < -0.39 is 0 Å². The monoisotopic (exact) mass is 371 g/mol. The molecular weight excluding hydrogens is 338 g/mol. The van der Waals surface area contributed by atoms with Gasteiger partial charge in [0.1, 0.15) is 0 Å². The molecule has 0 saturated heterocycles. The minimum Gasteiger partial charge on any atom is -0.338 e. The third-order valence-corrected chi connectivity index (χ3v) is 5.71. The first-order valence-corrected chi connectivity index (χ1v) is 10.5. The average molecular weight is 372 g/mol. The van der Waals surface area contributed by atoms with Crippen LogP contribution in [0.3, 0.4) is 0 Å². The number of carbonyl (C=O) groups is 2. The summed E-state index contributed by atoms with van der Waals surface area (Å²) in [7, 11) is 0. The van der Waals surface area contributed by atoms with Gasteiger partial charge in [-0.15, -0.1) is 0 Å². The molecular formula is C22H33N3O2. The van der Waals surface area contributed by atoms with Crippen molar-refractivity contribution in [3.05, 3.63) is 29.8 Å². The van der Waals surface area contributed by atoms with Crippen LogP contribution in [0.4, 0.5) is 5.69 Å². The van der Waals surface area contributed by atoms with E-state index in [2.05, 4.69) is 5.32 Å². The fraction of sp³-hybridized carbons (Fsp3) is 0.636. The summed E-state index contributed by atoms with van der Waals surface area (Å²) in [4.78, 5) is 26.7. The SMILES string of the molecule is NCCCN(Cc1cccc(NC(=O)CCC2CCCC2)c1)C(=O)C1CC1. The zero-order valence-corrected chi connectivity index (χ0v) is 16.3. The maximum absolute atomic E-state index is 12.5. The summed E-state index contributed by atoms with van der Waals surface area (Å²) in [6.07, 6.45) is 9.60. The summed E-state index contributed by atoms with van der Waals surface area (Å²) < 4.78 is 0. The number of benzene rings is 1. The Labute approximate surface area is 162 Å². The summed E-state index contributed by atoms with van der Waals surface area (Å²) in [5.41, 5.74) is 7.50. The molecule has 5 heteroatoms. The number of rotatable bonds is 10. The molecule has 1 aromatic carbocycles. The van der Waals surface area contributed by atoms with E-state index in [1.54, 1.807) is 0 Å². The van der Waals surface area contributed by atoms with E-state index in [1.165, 1.54) is 25.7 Å². The van der Waals surface area contributed by atoms with E-state index in [-0.39, 0.29) is 17.7 Å². The molecule has 2 aliphatic rings. The number of hydrogen-bond acceptors (Lipinski definition) is 3. The molecule has 0 bridgehead atoms. The van der Waals surface area contributed by atoms with Crippen molar-refractivity contribution >= 4 is 17.5 Å². The van der Waals surface area contributed by atoms with Crippen LogP contribution in [-0.2, 0) is 16.1 Å². The largest absolute Gasteiger partial charge is 0.338 e. The van der Waals surface area contributed by atoms with Crippen LogP contribution in [0.1, 0.15) is 63.4 Å². The molecule has 2 saturated carbocycles. The lowest BCUT2D eigenvalue weighted by molar-refractivity contribution is -0.133. The molecule has 0 spiro atoms. The molecule has 5 nitrogen and oxygen atoms in total. The highest BCUT2D eigenvalue weighted by Crippen LogP contribution is 2.32. The van der Waals surface area contributed by atoms with Crippen molar-refractivity contribution in [3.63, 3.8) is 0 Å². The normalized spacial score (nSPS) is 17.1. The Bertz CT molecular complexity index is 636. The zero-order chi connectivity index (χ0) is 19.1. The van der Waals surface area contributed by atoms with Gasteiger partial charge in [0.15, 0.2) is 0 Å². The van der Waals surface area contributed by atoms with Gasteiger partial charge in [-0.25, -0.2) is 0 Å². The van der Waals surface area contributed by atoms with Gasteiger partial charge in [-0.2, -0.15) is 0 Å². The van der Waals surface area contributed by atoms with Crippen molar-refractivity contribution in [1.82, 2.24) is 4.90 Å². The minimum atomic E-state index is 0.0908. The van der Waals surface area contributed by atoms with Gasteiger partial charge >= 0.3 is 0 Å². The van der Waals surface area contributed by atoms with Gasteiger partial charge in [0.25, 0.3) is 0 Å². The van der Waals surface area contributed by atoms with Crippen LogP contribution in [0, 0.1) is 11.8 Å². The summed E-state index contributed by atoms with van der Waals surface area (Å²) in [5.74, 6) is 1.27. The number of nitrogens with one attached hydrogen (secondary N) is 1. The van der Waals surface area contributed by atoms with Crippen LogP contribution in [0.2, 0.25) is 0 Å². The maximum atomic E-state index is 12.5. The molecule has 0 aromatic heterocycles. The van der Waals surface area contributed by atoms with Gasteiger partial charge in [-0.05, 0) is 55.8 Å². The van der Waals surface area contributed by atoms with Crippen LogP contribution in [0.5, 0.6) is 0 Å². The Kier molecular flexibility index (Phi) is 7.27. The van der Waals surface area contributed by atoms with E-state index in [0.29, 0.717) is 26.1 Å². The maximum Gasteiger partial charge on any atom is 0.225 e. The van der Waals surface area contributed by atoms with Crippen LogP contribution in [0.25, 0.3) is 0 Å². The first-order chi connectivity index (χ1) is 13.2. The highest BCUT2D eigenvalue weighted by molar-refractivity contribution is 5.90. The second-order valence-corrected chi connectivity index (χ2v) is 8.11. The molecule has 1 aromatic rings. The second kappa shape index (κ2) is 9.88. The molecule has 27 heavy (non-hydrogen) atoms. The van der Waals surface area contributed by atoms with Crippen LogP contribution < -0.4 is 11.1 Å².